The van der Waals surface area contributed by atoms with Crippen LogP contribution in [0.25, 0.3) is 0 Å². The topological polar surface area (TPSA) is 84.2 Å². The quantitative estimate of drug-likeness (QED) is 0.708. The molecule has 2 amide bonds. The van der Waals surface area contributed by atoms with Crippen LogP contribution in [0, 0.1) is 17.6 Å². The molecule has 1 fully saturated rings. The summed E-state index contributed by atoms with van der Waals surface area (Å²) in [5.41, 5.74) is 5.34. The minimum absolute atomic E-state index is 0.0719. The second-order valence-corrected chi connectivity index (χ2v) is 6.57. The molecule has 132 valence electrons. The molecule has 0 radical (unpaired) electrons. The highest BCUT2D eigenvalue weighted by Crippen LogP contribution is 2.39. The Hall–Kier alpha value is -2.02. The number of nitrogens with one attached hydrogen (secondary N) is 2. The standard InChI is InChI=1S/C17H23F2N3O2/c1-10(23)21-15(13-6-5-12(18)7-14(13)19)8-16(24)22-17(2,9-20)11-3-4-11/h5-7,11,15H,3-4,8-9,20H2,1-2H3,(H,21,23)(H,22,24). The van der Waals surface area contributed by atoms with Gasteiger partial charge in [-0.1, -0.05) is 6.07 Å². The third-order valence-corrected chi connectivity index (χ3v) is 4.43. The number of nitrogens with two attached hydrogens (primary N) is 1. The van der Waals surface area contributed by atoms with Crippen molar-refractivity contribution in [2.24, 2.45) is 11.7 Å². The van der Waals surface area contributed by atoms with Gasteiger partial charge in [-0.2, -0.15) is 0 Å². The van der Waals surface area contributed by atoms with E-state index >= 15 is 0 Å². The average molecular weight is 339 g/mol. The molecule has 7 heteroatoms. The Morgan fingerprint density at radius 1 is 1.38 bits per heavy atom. The molecule has 1 aromatic rings. The van der Waals surface area contributed by atoms with Crippen molar-refractivity contribution in [3.63, 3.8) is 0 Å². The summed E-state index contributed by atoms with van der Waals surface area (Å²) in [6, 6.07) is 2.20. The molecule has 0 heterocycles. The number of hydrogen-bond donors (Lipinski definition) is 3. The van der Waals surface area contributed by atoms with Gasteiger partial charge in [0.1, 0.15) is 11.6 Å². The van der Waals surface area contributed by atoms with Crippen LogP contribution in [0.3, 0.4) is 0 Å². The molecule has 2 atom stereocenters. The summed E-state index contributed by atoms with van der Waals surface area (Å²) in [5, 5.41) is 5.44. The molecular weight excluding hydrogens is 316 g/mol. The summed E-state index contributed by atoms with van der Waals surface area (Å²) in [4.78, 5) is 23.8. The molecule has 4 N–H and O–H groups in total. The molecule has 24 heavy (non-hydrogen) atoms. The van der Waals surface area contributed by atoms with E-state index in [0.29, 0.717) is 12.5 Å². The van der Waals surface area contributed by atoms with Crippen LogP contribution in [-0.2, 0) is 9.59 Å². The lowest BCUT2D eigenvalue weighted by atomic mass is 9.94. The van der Waals surface area contributed by atoms with Gasteiger partial charge in [-0.3, -0.25) is 9.59 Å². The van der Waals surface area contributed by atoms with Crippen LogP contribution >= 0.6 is 0 Å². The minimum atomic E-state index is -0.871. The Labute approximate surface area is 140 Å². The van der Waals surface area contributed by atoms with E-state index < -0.39 is 29.1 Å². The lowest BCUT2D eigenvalue weighted by Crippen LogP contribution is -2.53. The van der Waals surface area contributed by atoms with Crippen molar-refractivity contribution in [3.05, 3.63) is 35.4 Å². The van der Waals surface area contributed by atoms with Crippen molar-refractivity contribution in [3.8, 4) is 0 Å². The number of rotatable bonds is 7. The zero-order valence-electron chi connectivity index (χ0n) is 13.9. The molecule has 2 rings (SSSR count). The van der Waals surface area contributed by atoms with Crippen molar-refractivity contribution < 1.29 is 18.4 Å². The molecule has 0 aromatic heterocycles. The normalized spacial score (nSPS) is 17.7. The van der Waals surface area contributed by atoms with Crippen LogP contribution in [0.4, 0.5) is 8.78 Å². The largest absolute Gasteiger partial charge is 0.349 e. The molecule has 1 aliphatic carbocycles. The molecule has 1 aromatic carbocycles. The second kappa shape index (κ2) is 7.25. The van der Waals surface area contributed by atoms with Gasteiger partial charge in [0.15, 0.2) is 0 Å². The highest BCUT2D eigenvalue weighted by Gasteiger charge is 2.41. The smallest absolute Gasteiger partial charge is 0.222 e. The van der Waals surface area contributed by atoms with Crippen LogP contribution in [0.5, 0.6) is 0 Å². The van der Waals surface area contributed by atoms with E-state index in [1.807, 2.05) is 6.92 Å². The predicted octanol–water partition coefficient (Wildman–Crippen LogP) is 1.78. The first-order valence-electron chi connectivity index (χ1n) is 7.98. The van der Waals surface area contributed by atoms with Crippen LogP contribution in [-0.4, -0.2) is 23.9 Å². The van der Waals surface area contributed by atoms with Crippen LogP contribution in [0.2, 0.25) is 0 Å². The molecule has 1 saturated carbocycles. The van der Waals surface area contributed by atoms with Gasteiger partial charge in [-0.15, -0.1) is 0 Å². The Morgan fingerprint density at radius 2 is 2.04 bits per heavy atom. The number of halogens is 2. The molecule has 0 spiro atoms. The summed E-state index contributed by atoms with van der Waals surface area (Å²) >= 11 is 0. The number of benzene rings is 1. The monoisotopic (exact) mass is 339 g/mol. The lowest BCUT2D eigenvalue weighted by molar-refractivity contribution is -0.124. The molecule has 0 saturated heterocycles. The van der Waals surface area contributed by atoms with E-state index in [4.69, 9.17) is 5.73 Å². The van der Waals surface area contributed by atoms with Crippen molar-refractivity contribution >= 4 is 11.8 Å². The zero-order valence-corrected chi connectivity index (χ0v) is 13.9. The summed E-state index contributed by atoms with van der Waals surface area (Å²) in [5.74, 6) is -1.91. The molecule has 5 nitrogen and oxygen atoms in total. The fraction of sp³-hybridized carbons (Fsp3) is 0.529. The highest BCUT2D eigenvalue weighted by molar-refractivity contribution is 5.79. The second-order valence-electron chi connectivity index (χ2n) is 6.57. The Bertz CT molecular complexity index is 634. The van der Waals surface area contributed by atoms with Crippen LogP contribution in [0.1, 0.15) is 44.7 Å². The van der Waals surface area contributed by atoms with Gasteiger partial charge in [0.2, 0.25) is 11.8 Å². The maximum Gasteiger partial charge on any atom is 0.222 e. The minimum Gasteiger partial charge on any atom is -0.349 e. The van der Waals surface area contributed by atoms with Gasteiger partial charge in [0.25, 0.3) is 0 Å². The highest BCUT2D eigenvalue weighted by atomic mass is 19.1. The molecule has 2 unspecified atom stereocenters. The van der Waals surface area contributed by atoms with Gasteiger partial charge >= 0.3 is 0 Å². The molecular formula is C17H23F2N3O2. The lowest BCUT2D eigenvalue weighted by Gasteiger charge is -2.30. The fourth-order valence-corrected chi connectivity index (χ4v) is 2.86. The summed E-state index contributed by atoms with van der Waals surface area (Å²) < 4.78 is 27.1. The predicted molar refractivity (Wildman–Crippen MR) is 85.9 cm³/mol. The van der Waals surface area contributed by atoms with Gasteiger partial charge in [-0.25, -0.2) is 8.78 Å². The van der Waals surface area contributed by atoms with E-state index in [0.717, 1.165) is 25.0 Å². The van der Waals surface area contributed by atoms with E-state index in [9.17, 15) is 18.4 Å². The van der Waals surface area contributed by atoms with E-state index in [1.54, 1.807) is 0 Å². The third-order valence-electron chi connectivity index (χ3n) is 4.43. The molecule has 1 aliphatic rings. The maximum absolute atomic E-state index is 14.0. The number of carbonyl (C=O) groups excluding carboxylic acids is 2. The first-order valence-corrected chi connectivity index (χ1v) is 7.98. The summed E-state index contributed by atoms with van der Waals surface area (Å²) in [6.07, 6.45) is 1.87. The number of hydrogen-bond acceptors (Lipinski definition) is 3. The first kappa shape index (κ1) is 18.3. The molecule has 0 bridgehead atoms. The van der Waals surface area contributed by atoms with E-state index in [1.165, 1.54) is 13.0 Å². The van der Waals surface area contributed by atoms with Crippen molar-refractivity contribution in [2.75, 3.05) is 6.54 Å². The van der Waals surface area contributed by atoms with Gasteiger partial charge in [0, 0.05) is 25.1 Å². The van der Waals surface area contributed by atoms with Crippen molar-refractivity contribution in [1.29, 1.82) is 0 Å². The van der Waals surface area contributed by atoms with E-state index in [-0.39, 0.29) is 17.9 Å². The SMILES string of the molecule is CC(=O)NC(CC(=O)NC(C)(CN)C1CC1)c1ccc(F)cc1F. The van der Waals surface area contributed by atoms with Crippen molar-refractivity contribution in [1.82, 2.24) is 10.6 Å². The Kier molecular flexibility index (Phi) is 5.54. The van der Waals surface area contributed by atoms with E-state index in [2.05, 4.69) is 10.6 Å². The summed E-state index contributed by atoms with van der Waals surface area (Å²) in [6.45, 7) is 3.47. The zero-order chi connectivity index (χ0) is 17.9. The van der Waals surface area contributed by atoms with Gasteiger partial charge < -0.3 is 16.4 Å². The Morgan fingerprint density at radius 3 is 2.54 bits per heavy atom. The number of amides is 2. The van der Waals surface area contributed by atoms with Gasteiger partial charge in [-0.05, 0) is 31.7 Å². The first-order chi connectivity index (χ1) is 11.2. The fourth-order valence-electron chi connectivity index (χ4n) is 2.86. The molecule has 0 aliphatic heterocycles. The van der Waals surface area contributed by atoms with Crippen LogP contribution in [0.15, 0.2) is 18.2 Å². The summed E-state index contributed by atoms with van der Waals surface area (Å²) in [7, 11) is 0. The average Bonchev–Trinajstić information content (AvgIpc) is 3.30. The van der Waals surface area contributed by atoms with Gasteiger partial charge in [0.05, 0.1) is 18.0 Å². The van der Waals surface area contributed by atoms with Crippen LogP contribution < -0.4 is 16.4 Å². The third kappa shape index (κ3) is 4.50. The van der Waals surface area contributed by atoms with Crippen molar-refractivity contribution in [2.45, 2.75) is 44.7 Å². The number of carbonyl (C=O) groups is 2. The Balaban J connectivity index is 2.13. The maximum atomic E-state index is 14.0.